The van der Waals surface area contributed by atoms with Crippen LogP contribution < -0.4 is 5.32 Å². The summed E-state index contributed by atoms with van der Waals surface area (Å²) in [5.74, 6) is -0.191. The van der Waals surface area contributed by atoms with Gasteiger partial charge in [0.05, 0.1) is 22.6 Å². The minimum absolute atomic E-state index is 0. The summed E-state index contributed by atoms with van der Waals surface area (Å²) in [6.07, 6.45) is -3.65. The molecule has 0 unspecified atom stereocenters. The quantitative estimate of drug-likeness (QED) is 0.257. The first-order valence-corrected chi connectivity index (χ1v) is 12.7. The third-order valence-corrected chi connectivity index (χ3v) is 7.15. The van der Waals surface area contributed by atoms with Crippen LogP contribution in [0.25, 0.3) is 28.2 Å². The SMILES string of the molecule is CN1CC[C@@H](NC(=O)c2cccc(-c3ccc(-c4ccc(Br)cc4)n3-c3ccccc3C(F)(F)F)c2)C1.Cl. The van der Waals surface area contributed by atoms with Gasteiger partial charge in [-0.1, -0.05) is 52.3 Å². The first kappa shape index (κ1) is 28.0. The number of amides is 1. The van der Waals surface area contributed by atoms with E-state index in [9.17, 15) is 18.0 Å². The summed E-state index contributed by atoms with van der Waals surface area (Å²) in [5.41, 5.74) is 2.35. The Kier molecular flexibility index (Phi) is 8.35. The van der Waals surface area contributed by atoms with Crippen molar-refractivity contribution in [1.29, 1.82) is 0 Å². The Morgan fingerprint density at radius 1 is 0.921 bits per heavy atom. The Morgan fingerprint density at radius 3 is 2.26 bits per heavy atom. The van der Waals surface area contributed by atoms with Gasteiger partial charge < -0.3 is 14.8 Å². The van der Waals surface area contributed by atoms with Crippen molar-refractivity contribution in [3.63, 3.8) is 0 Å². The molecule has 4 nitrogen and oxygen atoms in total. The Morgan fingerprint density at radius 2 is 1.61 bits per heavy atom. The molecule has 1 amide bonds. The summed E-state index contributed by atoms with van der Waals surface area (Å²) in [6.45, 7) is 1.72. The van der Waals surface area contributed by atoms with Gasteiger partial charge in [0.2, 0.25) is 0 Å². The van der Waals surface area contributed by atoms with Crippen LogP contribution in [0.5, 0.6) is 0 Å². The number of nitrogens with one attached hydrogen (secondary N) is 1. The molecule has 0 spiro atoms. The molecular weight excluding hydrogens is 579 g/mol. The molecule has 1 aromatic heterocycles. The van der Waals surface area contributed by atoms with Gasteiger partial charge in [0, 0.05) is 22.6 Å². The number of rotatable bonds is 5. The summed E-state index contributed by atoms with van der Waals surface area (Å²) in [6, 6.07) is 23.7. The van der Waals surface area contributed by atoms with E-state index in [4.69, 9.17) is 0 Å². The average Bonchev–Trinajstić information content (AvgIpc) is 3.50. The molecule has 1 fully saturated rings. The largest absolute Gasteiger partial charge is 0.418 e. The number of hydrogen-bond donors (Lipinski definition) is 1. The molecule has 9 heteroatoms. The van der Waals surface area contributed by atoms with E-state index in [1.54, 1.807) is 34.9 Å². The summed E-state index contributed by atoms with van der Waals surface area (Å²) < 4.78 is 44.7. The Hall–Kier alpha value is -3.07. The molecule has 1 aliphatic heterocycles. The zero-order chi connectivity index (χ0) is 26.2. The number of para-hydroxylation sites is 1. The molecule has 0 bridgehead atoms. The molecule has 198 valence electrons. The van der Waals surface area contributed by atoms with Crippen LogP contribution in [0.3, 0.4) is 0 Å². The Labute approximate surface area is 234 Å². The van der Waals surface area contributed by atoms with E-state index in [-0.39, 0.29) is 30.0 Å². The summed E-state index contributed by atoms with van der Waals surface area (Å²) >= 11 is 3.42. The molecule has 1 N–H and O–H groups in total. The lowest BCUT2D eigenvalue weighted by Crippen LogP contribution is -2.36. The summed E-state index contributed by atoms with van der Waals surface area (Å²) in [7, 11) is 2.02. The number of benzene rings is 3. The summed E-state index contributed by atoms with van der Waals surface area (Å²) in [4.78, 5) is 15.2. The zero-order valence-electron chi connectivity index (χ0n) is 20.5. The van der Waals surface area contributed by atoms with Gasteiger partial charge in [0.25, 0.3) is 5.91 Å². The van der Waals surface area contributed by atoms with Crippen LogP contribution in [0.2, 0.25) is 0 Å². The highest BCUT2D eigenvalue weighted by Gasteiger charge is 2.34. The third kappa shape index (κ3) is 5.82. The van der Waals surface area contributed by atoms with Crippen LogP contribution >= 0.6 is 28.3 Å². The van der Waals surface area contributed by atoms with Gasteiger partial charge in [-0.05, 0) is 79.7 Å². The average molecular weight is 605 g/mol. The number of alkyl halides is 3. The van der Waals surface area contributed by atoms with Gasteiger partial charge in [-0.2, -0.15) is 13.2 Å². The number of carbonyl (C=O) groups is 1. The summed E-state index contributed by atoms with van der Waals surface area (Å²) in [5, 5.41) is 3.08. The maximum atomic E-state index is 14.1. The number of aromatic nitrogens is 1. The van der Waals surface area contributed by atoms with Crippen LogP contribution in [0.4, 0.5) is 13.2 Å². The van der Waals surface area contributed by atoms with E-state index in [2.05, 4.69) is 26.1 Å². The molecule has 0 radical (unpaired) electrons. The van der Waals surface area contributed by atoms with Gasteiger partial charge >= 0.3 is 6.18 Å². The van der Waals surface area contributed by atoms with Crippen molar-refractivity contribution >= 4 is 34.2 Å². The number of carbonyl (C=O) groups excluding carboxylic acids is 1. The van der Waals surface area contributed by atoms with Crippen LogP contribution in [0.1, 0.15) is 22.3 Å². The van der Waals surface area contributed by atoms with Crippen molar-refractivity contribution in [2.75, 3.05) is 20.1 Å². The van der Waals surface area contributed by atoms with E-state index in [0.717, 1.165) is 35.6 Å². The standard InChI is InChI=1S/C29H25BrF3N3O.ClH/c1-35-16-15-23(18-35)34-28(37)21-6-4-5-20(17-21)26-14-13-25(19-9-11-22(30)12-10-19)36(26)27-8-3-2-7-24(27)29(31,32)33;/h2-14,17,23H,15-16,18H2,1H3,(H,34,37);1H/t23-;/m1./s1. The lowest BCUT2D eigenvalue weighted by molar-refractivity contribution is -0.137. The molecule has 3 aromatic carbocycles. The first-order valence-electron chi connectivity index (χ1n) is 11.9. The first-order chi connectivity index (χ1) is 17.7. The van der Waals surface area contributed by atoms with E-state index in [1.807, 2.05) is 43.4 Å². The second-order valence-electron chi connectivity index (χ2n) is 9.26. The Bertz CT molecular complexity index is 1440. The minimum atomic E-state index is -4.54. The number of halogens is 5. The van der Waals surface area contributed by atoms with Crippen LogP contribution in [-0.4, -0.2) is 41.6 Å². The minimum Gasteiger partial charge on any atom is -0.348 e. The predicted molar refractivity (Wildman–Crippen MR) is 150 cm³/mol. The normalized spacial score (nSPS) is 15.8. The number of likely N-dealkylation sites (tertiary alicyclic amines) is 1. The van der Waals surface area contributed by atoms with Crippen molar-refractivity contribution in [3.05, 3.63) is 101 Å². The highest BCUT2D eigenvalue weighted by Crippen LogP contribution is 2.39. The van der Waals surface area contributed by atoms with Gasteiger partial charge in [0.1, 0.15) is 0 Å². The fourth-order valence-electron chi connectivity index (χ4n) is 4.82. The molecule has 1 aliphatic rings. The highest BCUT2D eigenvalue weighted by molar-refractivity contribution is 9.10. The number of hydrogen-bond acceptors (Lipinski definition) is 2. The predicted octanol–water partition coefficient (Wildman–Crippen LogP) is 7.45. The number of likely N-dealkylation sites (N-methyl/N-ethyl adjacent to an activating group) is 1. The monoisotopic (exact) mass is 603 g/mol. The molecule has 2 heterocycles. The van der Waals surface area contributed by atoms with Gasteiger partial charge in [-0.3, -0.25) is 4.79 Å². The van der Waals surface area contributed by atoms with Crippen molar-refractivity contribution in [1.82, 2.24) is 14.8 Å². The molecule has 5 rings (SSSR count). The van der Waals surface area contributed by atoms with Crippen LogP contribution in [0, 0.1) is 0 Å². The fourth-order valence-corrected chi connectivity index (χ4v) is 5.08. The lowest BCUT2D eigenvalue weighted by Gasteiger charge is -2.19. The van der Waals surface area contributed by atoms with Crippen LogP contribution in [-0.2, 0) is 6.18 Å². The fraction of sp³-hybridized carbons (Fsp3) is 0.207. The van der Waals surface area contributed by atoms with Gasteiger partial charge in [0.15, 0.2) is 0 Å². The van der Waals surface area contributed by atoms with E-state index >= 15 is 0 Å². The molecule has 1 atom stereocenters. The van der Waals surface area contributed by atoms with Gasteiger partial charge in [-0.25, -0.2) is 0 Å². The van der Waals surface area contributed by atoms with Crippen molar-refractivity contribution in [2.24, 2.45) is 0 Å². The van der Waals surface area contributed by atoms with Crippen molar-refractivity contribution in [2.45, 2.75) is 18.6 Å². The molecule has 38 heavy (non-hydrogen) atoms. The molecule has 0 saturated carbocycles. The molecule has 0 aliphatic carbocycles. The number of nitrogens with zero attached hydrogens (tertiary/aromatic N) is 2. The van der Waals surface area contributed by atoms with Gasteiger partial charge in [-0.15, -0.1) is 12.4 Å². The molecular formula is C29H26BrClF3N3O. The van der Waals surface area contributed by atoms with Crippen LogP contribution in [0.15, 0.2) is 89.4 Å². The smallest absolute Gasteiger partial charge is 0.348 e. The van der Waals surface area contributed by atoms with Crippen molar-refractivity contribution < 1.29 is 18.0 Å². The topological polar surface area (TPSA) is 37.3 Å². The van der Waals surface area contributed by atoms with E-state index in [1.165, 1.54) is 12.1 Å². The second-order valence-corrected chi connectivity index (χ2v) is 10.2. The highest BCUT2D eigenvalue weighted by atomic mass is 79.9. The van der Waals surface area contributed by atoms with E-state index in [0.29, 0.717) is 22.5 Å². The van der Waals surface area contributed by atoms with Crippen molar-refractivity contribution in [3.8, 4) is 28.2 Å². The lowest BCUT2D eigenvalue weighted by atomic mass is 10.1. The Balaban J connectivity index is 0.00000336. The molecule has 1 saturated heterocycles. The molecule has 4 aromatic rings. The second kappa shape index (κ2) is 11.4. The zero-order valence-corrected chi connectivity index (χ0v) is 22.9. The van der Waals surface area contributed by atoms with E-state index < -0.39 is 11.7 Å². The third-order valence-electron chi connectivity index (χ3n) is 6.62. The maximum Gasteiger partial charge on any atom is 0.418 e. The maximum absolute atomic E-state index is 14.1.